The molecule has 0 radical (unpaired) electrons. The third-order valence-electron chi connectivity index (χ3n) is 5.28. The average molecular weight is 491 g/mol. The van der Waals surface area contributed by atoms with Gasteiger partial charge in [0.05, 0.1) is 5.02 Å². The predicted molar refractivity (Wildman–Crippen MR) is 134 cm³/mol. The van der Waals surface area contributed by atoms with Gasteiger partial charge in [0.1, 0.15) is 5.82 Å². The summed E-state index contributed by atoms with van der Waals surface area (Å²) in [5.41, 5.74) is 20.0. The van der Waals surface area contributed by atoms with Gasteiger partial charge in [-0.3, -0.25) is 14.6 Å². The minimum Gasteiger partial charge on any atom is -0.370 e. The number of amides is 2. The van der Waals surface area contributed by atoms with Crippen LogP contribution in [0.1, 0.15) is 30.0 Å². The number of benzene rings is 2. The second-order valence-corrected chi connectivity index (χ2v) is 8.74. The van der Waals surface area contributed by atoms with Crippen molar-refractivity contribution in [2.75, 3.05) is 25.5 Å². The second kappa shape index (κ2) is 12.9. The van der Waals surface area contributed by atoms with Crippen LogP contribution in [0.4, 0.5) is 10.1 Å². The first-order valence-electron chi connectivity index (χ1n) is 11.0. The number of nitrogens with zero attached hydrogens (tertiary/aromatic N) is 2. The van der Waals surface area contributed by atoms with Crippen molar-refractivity contribution in [2.45, 2.75) is 32.7 Å². The van der Waals surface area contributed by atoms with Crippen LogP contribution in [0.3, 0.4) is 0 Å². The zero-order valence-corrected chi connectivity index (χ0v) is 20.2. The Hall–Kier alpha value is -3.17. The minimum absolute atomic E-state index is 0.0675. The van der Waals surface area contributed by atoms with E-state index in [0.29, 0.717) is 5.92 Å². The highest BCUT2D eigenvalue weighted by molar-refractivity contribution is 6.39. The number of rotatable bonds is 7. The van der Waals surface area contributed by atoms with E-state index in [9.17, 15) is 14.0 Å². The first kappa shape index (κ1) is 27.1. The summed E-state index contributed by atoms with van der Waals surface area (Å²) in [5, 5.41) is 2.03. The molecule has 3 rings (SSSR count). The van der Waals surface area contributed by atoms with Gasteiger partial charge in [-0.25, -0.2) is 4.39 Å². The van der Waals surface area contributed by atoms with E-state index in [-0.39, 0.29) is 16.7 Å². The van der Waals surface area contributed by atoms with Crippen molar-refractivity contribution in [3.63, 3.8) is 0 Å². The lowest BCUT2D eigenvalue weighted by molar-refractivity contribution is -0.134. The number of nitrogens with one attached hydrogen (secondary N) is 1. The Labute approximate surface area is 204 Å². The Morgan fingerprint density at radius 1 is 1.15 bits per heavy atom. The molecule has 0 saturated heterocycles. The van der Waals surface area contributed by atoms with Crippen molar-refractivity contribution in [3.05, 3.63) is 63.9 Å². The molecule has 8 nitrogen and oxygen atoms in total. The van der Waals surface area contributed by atoms with Crippen LogP contribution >= 0.6 is 11.6 Å². The fourth-order valence-corrected chi connectivity index (χ4v) is 3.88. The van der Waals surface area contributed by atoms with Crippen molar-refractivity contribution in [1.29, 1.82) is 0 Å². The Morgan fingerprint density at radius 2 is 1.85 bits per heavy atom. The molecule has 0 aliphatic heterocycles. The van der Waals surface area contributed by atoms with Gasteiger partial charge in [-0.15, -0.1) is 0 Å². The number of carbonyl (C=O) groups excluding carboxylic acids is 2. The van der Waals surface area contributed by atoms with E-state index in [1.165, 1.54) is 35.2 Å². The van der Waals surface area contributed by atoms with E-state index in [4.69, 9.17) is 23.1 Å². The molecular weight excluding hydrogens is 459 g/mol. The topological polar surface area (TPSA) is 140 Å². The van der Waals surface area contributed by atoms with Crippen LogP contribution in [-0.2, 0) is 29.0 Å². The van der Waals surface area contributed by atoms with E-state index >= 15 is 0 Å². The van der Waals surface area contributed by atoms with Crippen LogP contribution in [0, 0.1) is 11.7 Å². The summed E-state index contributed by atoms with van der Waals surface area (Å²) in [6.45, 7) is 5.12. The van der Waals surface area contributed by atoms with Crippen LogP contribution in [0.2, 0.25) is 5.02 Å². The van der Waals surface area contributed by atoms with Gasteiger partial charge >= 0.3 is 11.8 Å². The van der Waals surface area contributed by atoms with E-state index in [1.54, 1.807) is 0 Å². The molecule has 1 atom stereocenters. The maximum absolute atomic E-state index is 12.8. The molecule has 0 saturated carbocycles. The Balaban J connectivity index is 0.000000257. The molecular formula is C24H32ClFN6O2. The molecule has 2 aromatic carbocycles. The highest BCUT2D eigenvalue weighted by atomic mass is 35.5. The number of aliphatic imine (C=N–C) groups is 1. The first-order chi connectivity index (χ1) is 16.1. The Kier molecular flexibility index (Phi) is 10.3. The molecule has 1 aliphatic rings. The van der Waals surface area contributed by atoms with Gasteiger partial charge in [0.25, 0.3) is 0 Å². The largest absolute Gasteiger partial charge is 0.370 e. The van der Waals surface area contributed by atoms with Crippen LogP contribution < -0.4 is 22.5 Å². The monoisotopic (exact) mass is 490 g/mol. The zero-order valence-electron chi connectivity index (χ0n) is 19.5. The molecule has 34 heavy (non-hydrogen) atoms. The summed E-state index contributed by atoms with van der Waals surface area (Å²) in [6.07, 6.45) is 3.39. The summed E-state index contributed by atoms with van der Waals surface area (Å²) in [4.78, 5) is 27.6. The second-order valence-electron chi connectivity index (χ2n) is 8.33. The molecule has 0 bridgehead atoms. The molecule has 0 fully saturated rings. The van der Waals surface area contributed by atoms with Gasteiger partial charge in [-0.2, -0.15) is 0 Å². The van der Waals surface area contributed by atoms with E-state index < -0.39 is 17.6 Å². The third-order valence-corrected chi connectivity index (χ3v) is 5.59. The summed E-state index contributed by atoms with van der Waals surface area (Å²) in [5.74, 6) is -2.08. The van der Waals surface area contributed by atoms with Crippen LogP contribution in [0.15, 0.2) is 41.4 Å². The number of hydrogen-bond acceptors (Lipinski definition) is 4. The van der Waals surface area contributed by atoms with Crippen molar-refractivity contribution in [1.82, 2.24) is 4.90 Å². The van der Waals surface area contributed by atoms with Crippen molar-refractivity contribution in [3.8, 4) is 0 Å². The smallest absolute Gasteiger partial charge is 0.313 e. The lowest BCUT2D eigenvalue weighted by atomic mass is 10.1. The molecule has 0 aromatic heterocycles. The van der Waals surface area contributed by atoms with Gasteiger partial charge in [-0.05, 0) is 73.7 Å². The predicted octanol–water partition coefficient (Wildman–Crippen LogP) is 2.42. The van der Waals surface area contributed by atoms with Crippen LogP contribution in [0.25, 0.3) is 0 Å². The van der Waals surface area contributed by atoms with Gasteiger partial charge in [0, 0.05) is 18.8 Å². The van der Waals surface area contributed by atoms with E-state index in [2.05, 4.69) is 53.1 Å². The number of fused-ring (bicyclic) bond motifs is 1. The average Bonchev–Trinajstić information content (AvgIpc) is 3.17. The lowest BCUT2D eigenvalue weighted by Gasteiger charge is -2.16. The number of primary amides is 1. The Bertz CT molecular complexity index is 1040. The molecule has 0 unspecified atom stereocenters. The number of anilines is 1. The SMILES string of the molecule is CCCN(C)Cc1ccc2c(c1)C[C@H](CN=C(N)N)C2.NC(=O)C(=O)Nc1ccc(Cl)c(F)c1. The zero-order chi connectivity index (χ0) is 25.3. The number of carbonyl (C=O) groups is 2. The lowest BCUT2D eigenvalue weighted by Crippen LogP contribution is -2.29. The van der Waals surface area contributed by atoms with Crippen LogP contribution in [-0.4, -0.2) is 42.8 Å². The normalized spacial score (nSPS) is 14.1. The van der Waals surface area contributed by atoms with Gasteiger partial charge in [0.2, 0.25) is 0 Å². The van der Waals surface area contributed by atoms with Crippen molar-refractivity contribution in [2.24, 2.45) is 28.1 Å². The van der Waals surface area contributed by atoms with E-state index in [0.717, 1.165) is 38.5 Å². The molecule has 2 aromatic rings. The summed E-state index contributed by atoms with van der Waals surface area (Å²) in [7, 11) is 2.18. The molecule has 0 heterocycles. The van der Waals surface area contributed by atoms with Gasteiger partial charge in [0.15, 0.2) is 5.96 Å². The standard InChI is InChI=1S/C16H26N4.C8H6ClFN2O2/c1-3-6-20(2)11-12-4-5-14-8-13(9-15(14)7-12)10-19-16(17)18;9-5-2-1-4(3-6(5)10)12-8(14)7(11)13/h4-5,7,13H,3,6,8-11H2,1-2H3,(H4,17,18,19);1-3H,(H2,11,13)(H,12,14)/t13-;/m1./s1. The quantitative estimate of drug-likeness (QED) is 0.268. The number of halogens is 2. The summed E-state index contributed by atoms with van der Waals surface area (Å²) >= 11 is 5.40. The fourth-order valence-electron chi connectivity index (χ4n) is 3.76. The van der Waals surface area contributed by atoms with Crippen molar-refractivity contribution < 1.29 is 14.0 Å². The molecule has 1 aliphatic carbocycles. The Morgan fingerprint density at radius 3 is 2.47 bits per heavy atom. The van der Waals surface area contributed by atoms with E-state index in [1.807, 2.05) is 0 Å². The molecule has 2 amide bonds. The molecule has 7 N–H and O–H groups in total. The molecule has 184 valence electrons. The third kappa shape index (κ3) is 8.64. The number of nitrogens with two attached hydrogens (primary N) is 3. The van der Waals surface area contributed by atoms with Gasteiger partial charge < -0.3 is 27.4 Å². The summed E-state index contributed by atoms with van der Waals surface area (Å²) < 4.78 is 12.8. The van der Waals surface area contributed by atoms with Crippen LogP contribution in [0.5, 0.6) is 0 Å². The first-order valence-corrected chi connectivity index (χ1v) is 11.4. The van der Waals surface area contributed by atoms with Crippen molar-refractivity contribution >= 4 is 35.1 Å². The summed E-state index contributed by atoms with van der Waals surface area (Å²) in [6, 6.07) is 10.5. The fraction of sp³-hybridized carbons (Fsp3) is 0.375. The number of guanidine groups is 1. The highest BCUT2D eigenvalue weighted by Crippen LogP contribution is 2.28. The maximum Gasteiger partial charge on any atom is 0.313 e. The molecule has 10 heteroatoms. The number of hydrogen-bond donors (Lipinski definition) is 4. The minimum atomic E-state index is -1.14. The van der Waals surface area contributed by atoms with Gasteiger partial charge in [-0.1, -0.05) is 36.7 Å². The molecule has 0 spiro atoms. The highest BCUT2D eigenvalue weighted by Gasteiger charge is 2.21. The maximum atomic E-state index is 12.8.